The van der Waals surface area contributed by atoms with E-state index in [1.54, 1.807) is 22.8 Å². The minimum Gasteiger partial charge on any atom is -0.368 e. The fourth-order valence-corrected chi connectivity index (χ4v) is 1.92. The summed E-state index contributed by atoms with van der Waals surface area (Å²) in [6, 6.07) is 0. The van der Waals surface area contributed by atoms with Crippen molar-refractivity contribution in [3.8, 4) is 0 Å². The highest BCUT2D eigenvalue weighted by molar-refractivity contribution is 5.80. The quantitative estimate of drug-likeness (QED) is 0.752. The SMILES string of the molecule is CN(Cc1cnn(C)c1)C(=O)[C@H]1CCCO1. The van der Waals surface area contributed by atoms with Crippen LogP contribution in [0.2, 0.25) is 0 Å². The minimum absolute atomic E-state index is 0.0707. The van der Waals surface area contributed by atoms with Crippen LogP contribution in [0.15, 0.2) is 12.4 Å². The van der Waals surface area contributed by atoms with Gasteiger partial charge in [0.05, 0.1) is 6.20 Å². The van der Waals surface area contributed by atoms with Crippen LogP contribution in [0.5, 0.6) is 0 Å². The van der Waals surface area contributed by atoms with Gasteiger partial charge < -0.3 is 9.64 Å². The van der Waals surface area contributed by atoms with Gasteiger partial charge >= 0.3 is 0 Å². The molecule has 16 heavy (non-hydrogen) atoms. The Morgan fingerprint density at radius 3 is 3.12 bits per heavy atom. The standard InChI is InChI=1S/C11H17N3O2/c1-13(7-9-6-12-14(2)8-9)11(15)10-4-3-5-16-10/h6,8,10H,3-5,7H2,1-2H3/t10-/m1/s1. The van der Waals surface area contributed by atoms with Crippen LogP contribution >= 0.6 is 0 Å². The zero-order valence-electron chi connectivity index (χ0n) is 9.72. The zero-order chi connectivity index (χ0) is 11.5. The van der Waals surface area contributed by atoms with Crippen molar-refractivity contribution in [2.24, 2.45) is 7.05 Å². The average Bonchev–Trinajstić information content (AvgIpc) is 2.88. The number of nitrogens with zero attached hydrogens (tertiary/aromatic N) is 3. The maximum Gasteiger partial charge on any atom is 0.251 e. The maximum atomic E-state index is 11.9. The molecule has 5 heteroatoms. The van der Waals surface area contributed by atoms with Crippen LogP contribution in [0.4, 0.5) is 0 Å². The molecule has 0 aliphatic carbocycles. The lowest BCUT2D eigenvalue weighted by Crippen LogP contribution is -2.35. The highest BCUT2D eigenvalue weighted by Gasteiger charge is 2.26. The number of amides is 1. The molecule has 1 aromatic rings. The van der Waals surface area contributed by atoms with Gasteiger partial charge in [0.1, 0.15) is 6.10 Å². The summed E-state index contributed by atoms with van der Waals surface area (Å²) in [5, 5.41) is 4.07. The van der Waals surface area contributed by atoms with Gasteiger partial charge in [-0.3, -0.25) is 9.48 Å². The van der Waals surface area contributed by atoms with Crippen molar-refractivity contribution in [1.29, 1.82) is 0 Å². The Balaban J connectivity index is 1.91. The second kappa shape index (κ2) is 4.65. The van der Waals surface area contributed by atoms with Crippen molar-refractivity contribution in [1.82, 2.24) is 14.7 Å². The van der Waals surface area contributed by atoms with Crippen molar-refractivity contribution < 1.29 is 9.53 Å². The van der Waals surface area contributed by atoms with Gasteiger partial charge in [-0.25, -0.2) is 0 Å². The first-order valence-electron chi connectivity index (χ1n) is 5.51. The summed E-state index contributed by atoms with van der Waals surface area (Å²) in [7, 11) is 3.67. The Morgan fingerprint density at radius 1 is 1.75 bits per heavy atom. The van der Waals surface area contributed by atoms with Gasteiger partial charge in [0, 0.05) is 39.0 Å². The number of aromatic nitrogens is 2. The van der Waals surface area contributed by atoms with Gasteiger partial charge in [0.25, 0.3) is 5.91 Å². The average molecular weight is 223 g/mol. The lowest BCUT2D eigenvalue weighted by atomic mass is 10.2. The van der Waals surface area contributed by atoms with Crippen LogP contribution in [0, 0.1) is 0 Å². The molecule has 1 aliphatic rings. The van der Waals surface area contributed by atoms with E-state index in [1.165, 1.54) is 0 Å². The molecule has 2 heterocycles. The number of rotatable bonds is 3. The maximum absolute atomic E-state index is 11.9. The Labute approximate surface area is 95.0 Å². The molecule has 88 valence electrons. The van der Waals surface area contributed by atoms with Gasteiger partial charge in [-0.15, -0.1) is 0 Å². The van der Waals surface area contributed by atoms with E-state index in [0.717, 1.165) is 18.4 Å². The lowest BCUT2D eigenvalue weighted by molar-refractivity contribution is -0.140. The Hall–Kier alpha value is -1.36. The Bertz CT molecular complexity index is 369. The van der Waals surface area contributed by atoms with E-state index >= 15 is 0 Å². The first kappa shape index (κ1) is 11.1. The predicted octanol–water partition coefficient (Wildman–Crippen LogP) is 0.557. The first-order valence-corrected chi connectivity index (χ1v) is 5.51. The summed E-state index contributed by atoms with van der Waals surface area (Å²) in [5.74, 6) is 0.0707. The molecule has 0 aromatic carbocycles. The fraction of sp³-hybridized carbons (Fsp3) is 0.636. The molecular formula is C11H17N3O2. The van der Waals surface area contributed by atoms with Crippen molar-refractivity contribution in [3.63, 3.8) is 0 Å². The minimum atomic E-state index is -0.235. The third-order valence-electron chi connectivity index (χ3n) is 2.76. The van der Waals surface area contributed by atoms with Crippen LogP contribution in [0.3, 0.4) is 0 Å². The van der Waals surface area contributed by atoms with Gasteiger partial charge in [-0.1, -0.05) is 0 Å². The second-order valence-corrected chi connectivity index (χ2v) is 4.22. The number of carbonyl (C=O) groups is 1. The molecule has 1 amide bonds. The number of likely N-dealkylation sites (N-methyl/N-ethyl adjacent to an activating group) is 1. The molecule has 0 unspecified atom stereocenters. The summed E-state index contributed by atoms with van der Waals surface area (Å²) in [5.41, 5.74) is 1.04. The van der Waals surface area contributed by atoms with Gasteiger partial charge in [-0.2, -0.15) is 5.10 Å². The topological polar surface area (TPSA) is 47.4 Å². The molecule has 1 aromatic heterocycles. The monoisotopic (exact) mass is 223 g/mol. The third kappa shape index (κ3) is 2.41. The summed E-state index contributed by atoms with van der Waals surface area (Å²) in [6.45, 7) is 1.30. The third-order valence-corrected chi connectivity index (χ3v) is 2.76. The van der Waals surface area contributed by atoms with Crippen LogP contribution < -0.4 is 0 Å². The van der Waals surface area contributed by atoms with Crippen LogP contribution in [-0.2, 0) is 23.1 Å². The largest absolute Gasteiger partial charge is 0.368 e. The van der Waals surface area contributed by atoms with E-state index in [0.29, 0.717) is 13.2 Å². The van der Waals surface area contributed by atoms with Crippen molar-refractivity contribution in [2.45, 2.75) is 25.5 Å². The molecule has 5 nitrogen and oxygen atoms in total. The molecular weight excluding hydrogens is 206 g/mol. The molecule has 1 fully saturated rings. The van der Waals surface area contributed by atoms with E-state index < -0.39 is 0 Å². The number of carbonyl (C=O) groups excluding carboxylic acids is 1. The van der Waals surface area contributed by atoms with Crippen molar-refractivity contribution in [3.05, 3.63) is 18.0 Å². The predicted molar refractivity (Wildman–Crippen MR) is 58.7 cm³/mol. The molecule has 0 bridgehead atoms. The number of aryl methyl sites for hydroxylation is 1. The molecule has 0 N–H and O–H groups in total. The number of hydrogen-bond acceptors (Lipinski definition) is 3. The molecule has 1 atom stereocenters. The smallest absolute Gasteiger partial charge is 0.251 e. The summed E-state index contributed by atoms with van der Waals surface area (Å²) < 4.78 is 7.10. The highest BCUT2D eigenvalue weighted by Crippen LogP contribution is 2.15. The van der Waals surface area contributed by atoms with Crippen molar-refractivity contribution in [2.75, 3.05) is 13.7 Å². The summed E-state index contributed by atoms with van der Waals surface area (Å²) in [4.78, 5) is 13.6. The van der Waals surface area contributed by atoms with Crippen LogP contribution in [0.1, 0.15) is 18.4 Å². The molecule has 0 saturated carbocycles. The van der Waals surface area contributed by atoms with E-state index in [-0.39, 0.29) is 12.0 Å². The summed E-state index contributed by atoms with van der Waals surface area (Å²) in [6.07, 6.45) is 5.29. The van der Waals surface area contributed by atoms with Crippen LogP contribution in [0.25, 0.3) is 0 Å². The molecule has 0 spiro atoms. The number of ether oxygens (including phenoxy) is 1. The summed E-state index contributed by atoms with van der Waals surface area (Å²) >= 11 is 0. The Morgan fingerprint density at radius 2 is 2.56 bits per heavy atom. The fourth-order valence-electron chi connectivity index (χ4n) is 1.92. The van der Waals surface area contributed by atoms with Gasteiger partial charge in [-0.05, 0) is 12.8 Å². The lowest BCUT2D eigenvalue weighted by Gasteiger charge is -2.19. The van der Waals surface area contributed by atoms with Gasteiger partial charge in [0.2, 0.25) is 0 Å². The second-order valence-electron chi connectivity index (χ2n) is 4.22. The van der Waals surface area contributed by atoms with Gasteiger partial charge in [0.15, 0.2) is 0 Å². The molecule has 0 radical (unpaired) electrons. The van der Waals surface area contributed by atoms with Crippen LogP contribution in [-0.4, -0.2) is 40.3 Å². The normalized spacial score (nSPS) is 20.0. The zero-order valence-corrected chi connectivity index (χ0v) is 9.72. The Kier molecular flexibility index (Phi) is 3.24. The van der Waals surface area contributed by atoms with E-state index in [2.05, 4.69) is 5.10 Å². The molecule has 1 aliphatic heterocycles. The molecule has 2 rings (SSSR count). The first-order chi connectivity index (χ1) is 7.66. The number of hydrogen-bond donors (Lipinski definition) is 0. The highest BCUT2D eigenvalue weighted by atomic mass is 16.5. The van der Waals surface area contributed by atoms with E-state index in [1.807, 2.05) is 13.2 Å². The van der Waals surface area contributed by atoms with Crippen molar-refractivity contribution >= 4 is 5.91 Å². The molecule has 1 saturated heterocycles. The van der Waals surface area contributed by atoms with E-state index in [4.69, 9.17) is 4.74 Å². The van der Waals surface area contributed by atoms with E-state index in [9.17, 15) is 4.79 Å².